The monoisotopic (exact) mass is 256 g/mol. The van der Waals surface area contributed by atoms with E-state index in [4.69, 9.17) is 4.74 Å². The van der Waals surface area contributed by atoms with Crippen LogP contribution in [-0.2, 0) is 4.79 Å². The highest BCUT2D eigenvalue weighted by molar-refractivity contribution is 9.09. The minimum atomic E-state index is -0.117. The second-order valence-corrected chi connectivity index (χ2v) is 3.42. The van der Waals surface area contributed by atoms with Crippen LogP contribution < -0.4 is 15.4 Å². The number of benzene rings is 1. The van der Waals surface area contributed by atoms with Gasteiger partial charge in [-0.15, -0.1) is 0 Å². The summed E-state index contributed by atoms with van der Waals surface area (Å²) >= 11 is 3.26. The molecular formula is C9H9BrN2O2. The zero-order chi connectivity index (χ0) is 9.97. The van der Waals surface area contributed by atoms with Crippen molar-refractivity contribution in [3.8, 4) is 5.75 Å². The summed E-state index contributed by atoms with van der Waals surface area (Å²) < 4.78 is 5.22. The summed E-state index contributed by atoms with van der Waals surface area (Å²) in [6.07, 6.45) is 0. The zero-order valence-electron chi connectivity index (χ0n) is 7.34. The molecule has 2 N–H and O–H groups in total. The Hall–Kier alpha value is -1.23. The Morgan fingerprint density at radius 3 is 3.21 bits per heavy atom. The molecule has 0 saturated heterocycles. The van der Waals surface area contributed by atoms with Gasteiger partial charge >= 0.3 is 0 Å². The van der Waals surface area contributed by atoms with Gasteiger partial charge in [0.2, 0.25) is 0 Å². The largest absolute Gasteiger partial charge is 0.482 e. The molecule has 0 saturated carbocycles. The van der Waals surface area contributed by atoms with Crippen molar-refractivity contribution in [1.82, 2.24) is 0 Å². The molecule has 1 aliphatic rings. The summed E-state index contributed by atoms with van der Waals surface area (Å²) in [5.74, 6) is 0.596. The fourth-order valence-electron chi connectivity index (χ4n) is 1.27. The molecule has 0 atom stereocenters. The van der Waals surface area contributed by atoms with Crippen molar-refractivity contribution in [2.45, 2.75) is 0 Å². The number of fused-ring (bicyclic) bond motifs is 1. The number of alkyl halides is 1. The maximum absolute atomic E-state index is 11.0. The Balaban J connectivity index is 2.28. The number of anilines is 2. The molecule has 0 fully saturated rings. The molecule has 74 valence electrons. The molecule has 0 spiro atoms. The molecule has 0 aromatic heterocycles. The van der Waals surface area contributed by atoms with Gasteiger partial charge in [0, 0.05) is 5.69 Å². The normalized spacial score (nSPS) is 13.9. The number of hydrogen-bond donors (Lipinski definition) is 2. The van der Waals surface area contributed by atoms with Gasteiger partial charge in [-0.05, 0) is 18.2 Å². The molecule has 2 rings (SSSR count). The summed E-state index contributed by atoms with van der Waals surface area (Å²) in [5, 5.41) is 5.82. The number of ether oxygens (including phenoxy) is 1. The van der Waals surface area contributed by atoms with E-state index in [1.54, 1.807) is 0 Å². The van der Waals surface area contributed by atoms with Gasteiger partial charge in [-0.3, -0.25) is 4.79 Å². The maximum Gasteiger partial charge on any atom is 0.262 e. The lowest BCUT2D eigenvalue weighted by atomic mass is 10.2. The van der Waals surface area contributed by atoms with Gasteiger partial charge in [-0.1, -0.05) is 15.9 Å². The van der Waals surface area contributed by atoms with Crippen molar-refractivity contribution in [2.24, 2.45) is 0 Å². The first-order chi connectivity index (χ1) is 6.79. The molecular weight excluding hydrogens is 248 g/mol. The van der Waals surface area contributed by atoms with E-state index >= 15 is 0 Å². The highest BCUT2D eigenvalue weighted by Gasteiger charge is 2.15. The van der Waals surface area contributed by atoms with Gasteiger partial charge in [-0.25, -0.2) is 0 Å². The van der Waals surface area contributed by atoms with Crippen LogP contribution in [0.25, 0.3) is 0 Å². The Kier molecular flexibility index (Phi) is 2.58. The summed E-state index contributed by atoms with van der Waals surface area (Å²) in [7, 11) is 0. The second kappa shape index (κ2) is 3.88. The minimum absolute atomic E-state index is 0.0955. The molecule has 1 heterocycles. The zero-order valence-corrected chi connectivity index (χ0v) is 8.93. The first-order valence-corrected chi connectivity index (χ1v) is 5.28. The first kappa shape index (κ1) is 9.33. The number of amides is 1. The van der Waals surface area contributed by atoms with Crippen LogP contribution in [0.15, 0.2) is 18.2 Å². The Labute approximate surface area is 89.8 Å². The quantitative estimate of drug-likeness (QED) is 0.627. The molecule has 0 radical (unpaired) electrons. The Morgan fingerprint density at radius 2 is 2.43 bits per heavy atom. The molecule has 1 aliphatic heterocycles. The number of halogens is 1. The summed E-state index contributed by atoms with van der Waals surface area (Å²) in [6.45, 7) is 0.0955. The van der Waals surface area contributed by atoms with Gasteiger partial charge in [0.1, 0.15) is 5.75 Å². The van der Waals surface area contributed by atoms with Crippen molar-refractivity contribution >= 4 is 33.2 Å². The van der Waals surface area contributed by atoms with Crippen LogP contribution in [-0.4, -0.2) is 18.0 Å². The van der Waals surface area contributed by atoms with E-state index in [2.05, 4.69) is 26.6 Å². The molecule has 0 unspecified atom stereocenters. The molecule has 1 aromatic rings. The van der Waals surface area contributed by atoms with Gasteiger partial charge in [0.05, 0.1) is 11.1 Å². The van der Waals surface area contributed by atoms with Crippen LogP contribution in [0.5, 0.6) is 5.75 Å². The van der Waals surface area contributed by atoms with E-state index in [0.29, 0.717) is 16.9 Å². The molecule has 4 nitrogen and oxygen atoms in total. The Bertz CT molecular complexity index is 368. The standard InChI is InChI=1S/C9H9BrN2O2/c10-5-11-6-1-2-8-7(3-6)12-9(13)4-14-8/h1-3,11H,4-5H2,(H,12,13). The smallest absolute Gasteiger partial charge is 0.262 e. The van der Waals surface area contributed by atoms with Crippen molar-refractivity contribution in [2.75, 3.05) is 22.7 Å². The van der Waals surface area contributed by atoms with Crippen molar-refractivity contribution in [1.29, 1.82) is 0 Å². The van der Waals surface area contributed by atoms with Crippen LogP contribution in [0.3, 0.4) is 0 Å². The van der Waals surface area contributed by atoms with Crippen LogP contribution >= 0.6 is 15.9 Å². The highest BCUT2D eigenvalue weighted by Crippen LogP contribution is 2.30. The number of rotatable bonds is 2. The number of nitrogens with one attached hydrogen (secondary N) is 2. The maximum atomic E-state index is 11.0. The van der Waals surface area contributed by atoms with E-state index in [9.17, 15) is 4.79 Å². The predicted octanol–water partition coefficient (Wildman–Crippen LogP) is 1.78. The SMILES string of the molecule is O=C1COc2ccc(NCBr)cc2N1. The van der Waals surface area contributed by atoms with Crippen LogP contribution in [0.1, 0.15) is 0 Å². The lowest BCUT2D eigenvalue weighted by Gasteiger charge is -2.18. The number of carbonyl (C=O) groups excluding carboxylic acids is 1. The summed E-state index contributed by atoms with van der Waals surface area (Å²) in [5.41, 5.74) is 2.32. The van der Waals surface area contributed by atoms with Crippen molar-refractivity contribution < 1.29 is 9.53 Å². The fourth-order valence-corrected chi connectivity index (χ4v) is 1.59. The molecule has 5 heteroatoms. The first-order valence-electron chi connectivity index (χ1n) is 4.16. The van der Waals surface area contributed by atoms with Crippen LogP contribution in [0.2, 0.25) is 0 Å². The van der Waals surface area contributed by atoms with E-state index < -0.39 is 0 Å². The number of hydrogen-bond acceptors (Lipinski definition) is 3. The fraction of sp³-hybridized carbons (Fsp3) is 0.222. The Morgan fingerprint density at radius 1 is 1.57 bits per heavy atom. The number of carbonyl (C=O) groups is 1. The van der Waals surface area contributed by atoms with Crippen LogP contribution in [0, 0.1) is 0 Å². The third-order valence-electron chi connectivity index (χ3n) is 1.88. The van der Waals surface area contributed by atoms with Gasteiger partial charge < -0.3 is 15.4 Å². The average molecular weight is 257 g/mol. The highest BCUT2D eigenvalue weighted by atomic mass is 79.9. The second-order valence-electron chi connectivity index (χ2n) is 2.86. The third-order valence-corrected chi connectivity index (χ3v) is 2.16. The topological polar surface area (TPSA) is 50.4 Å². The molecule has 14 heavy (non-hydrogen) atoms. The summed E-state index contributed by atoms with van der Waals surface area (Å²) in [4.78, 5) is 11.0. The van der Waals surface area contributed by atoms with Crippen LogP contribution in [0.4, 0.5) is 11.4 Å². The molecule has 0 bridgehead atoms. The van der Waals surface area contributed by atoms with E-state index in [-0.39, 0.29) is 12.5 Å². The minimum Gasteiger partial charge on any atom is -0.482 e. The van der Waals surface area contributed by atoms with Crippen molar-refractivity contribution in [3.63, 3.8) is 0 Å². The molecule has 1 amide bonds. The van der Waals surface area contributed by atoms with E-state index in [1.165, 1.54) is 0 Å². The van der Waals surface area contributed by atoms with Gasteiger partial charge in [0.15, 0.2) is 6.61 Å². The van der Waals surface area contributed by atoms with E-state index in [1.807, 2.05) is 18.2 Å². The molecule has 1 aromatic carbocycles. The van der Waals surface area contributed by atoms with Gasteiger partial charge in [0.25, 0.3) is 5.91 Å². The summed E-state index contributed by atoms with van der Waals surface area (Å²) in [6, 6.07) is 5.57. The third kappa shape index (κ3) is 1.82. The van der Waals surface area contributed by atoms with Crippen molar-refractivity contribution in [3.05, 3.63) is 18.2 Å². The predicted molar refractivity (Wildman–Crippen MR) is 58.0 cm³/mol. The molecule has 0 aliphatic carbocycles. The lowest BCUT2D eigenvalue weighted by molar-refractivity contribution is -0.118. The lowest BCUT2D eigenvalue weighted by Crippen LogP contribution is -2.25. The van der Waals surface area contributed by atoms with E-state index in [0.717, 1.165) is 5.69 Å². The average Bonchev–Trinajstić information content (AvgIpc) is 2.17. The van der Waals surface area contributed by atoms with Gasteiger partial charge in [-0.2, -0.15) is 0 Å².